The number of hydrogen-bond acceptors (Lipinski definition) is 3. The summed E-state index contributed by atoms with van der Waals surface area (Å²) in [6.45, 7) is 9.96. The van der Waals surface area contributed by atoms with Crippen LogP contribution in [0, 0.1) is 34.6 Å². The molecular formula is C19H24N2O2S. The molecule has 1 aromatic heterocycles. The first-order valence-corrected chi connectivity index (χ1v) is 8.74. The van der Waals surface area contributed by atoms with Crippen molar-refractivity contribution < 1.29 is 9.59 Å². The van der Waals surface area contributed by atoms with Gasteiger partial charge in [-0.3, -0.25) is 9.59 Å². The van der Waals surface area contributed by atoms with Crippen LogP contribution in [0.25, 0.3) is 0 Å². The van der Waals surface area contributed by atoms with Gasteiger partial charge in [0.05, 0.1) is 12.0 Å². The molecule has 4 nitrogen and oxygen atoms in total. The summed E-state index contributed by atoms with van der Waals surface area (Å²) in [4.78, 5) is 25.7. The van der Waals surface area contributed by atoms with Crippen LogP contribution in [-0.4, -0.2) is 18.9 Å². The lowest BCUT2D eigenvalue weighted by Crippen LogP contribution is -2.22. The third-order valence-corrected chi connectivity index (χ3v) is 5.39. The Hall–Kier alpha value is -2.14. The van der Waals surface area contributed by atoms with Gasteiger partial charge in [-0.2, -0.15) is 0 Å². The van der Waals surface area contributed by atoms with Crippen molar-refractivity contribution in [3.63, 3.8) is 0 Å². The molecule has 0 spiro atoms. The number of nitrogens with one attached hydrogen (secondary N) is 2. The summed E-state index contributed by atoms with van der Waals surface area (Å²) < 4.78 is 0. The maximum absolute atomic E-state index is 12.5. The zero-order chi connectivity index (χ0) is 18.0. The summed E-state index contributed by atoms with van der Waals surface area (Å²) in [7, 11) is 1.60. The van der Waals surface area contributed by atoms with Crippen molar-refractivity contribution in [1.82, 2.24) is 5.32 Å². The molecule has 2 amide bonds. The molecule has 0 radical (unpaired) electrons. The van der Waals surface area contributed by atoms with Crippen LogP contribution >= 0.6 is 11.3 Å². The third-order valence-electron chi connectivity index (χ3n) is 4.27. The second kappa shape index (κ2) is 7.18. The van der Waals surface area contributed by atoms with Crippen LogP contribution in [0.15, 0.2) is 12.1 Å². The topological polar surface area (TPSA) is 58.2 Å². The van der Waals surface area contributed by atoms with E-state index in [0.29, 0.717) is 17.0 Å². The van der Waals surface area contributed by atoms with Crippen LogP contribution in [-0.2, 0) is 11.2 Å². The lowest BCUT2D eigenvalue weighted by Gasteiger charge is -2.12. The molecule has 0 atom stereocenters. The van der Waals surface area contributed by atoms with E-state index in [-0.39, 0.29) is 11.8 Å². The Labute approximate surface area is 147 Å². The standard InChI is InChI=1S/C19H24N2O2S/c1-10-7-11(2)15(12(3)8-10)9-16(22)21-19-17(18(23)20-6)13(4)14(5)24-19/h7-8H,9H2,1-6H3,(H,20,23)(H,21,22). The molecule has 0 aliphatic carbocycles. The summed E-state index contributed by atoms with van der Waals surface area (Å²) in [6.07, 6.45) is 0.307. The van der Waals surface area contributed by atoms with Crippen LogP contribution in [0.5, 0.6) is 0 Å². The predicted octanol–water partition coefficient (Wildman–Crippen LogP) is 3.83. The van der Waals surface area contributed by atoms with E-state index in [0.717, 1.165) is 27.1 Å². The third kappa shape index (κ3) is 3.67. The molecule has 0 aliphatic heterocycles. The first-order valence-electron chi connectivity index (χ1n) is 7.93. The van der Waals surface area contributed by atoms with E-state index in [1.165, 1.54) is 16.9 Å². The predicted molar refractivity (Wildman–Crippen MR) is 100 cm³/mol. The lowest BCUT2D eigenvalue weighted by molar-refractivity contribution is -0.115. The van der Waals surface area contributed by atoms with Crippen molar-refractivity contribution >= 4 is 28.2 Å². The summed E-state index contributed by atoms with van der Waals surface area (Å²) in [5.41, 5.74) is 5.95. The van der Waals surface area contributed by atoms with Crippen LogP contribution < -0.4 is 10.6 Å². The molecule has 0 unspecified atom stereocenters. The van der Waals surface area contributed by atoms with Crippen LogP contribution in [0.2, 0.25) is 0 Å². The van der Waals surface area contributed by atoms with Gasteiger partial charge < -0.3 is 10.6 Å². The minimum absolute atomic E-state index is 0.101. The summed E-state index contributed by atoms with van der Waals surface area (Å²) in [5.74, 6) is -0.272. The minimum Gasteiger partial charge on any atom is -0.355 e. The molecular weight excluding hydrogens is 320 g/mol. The van der Waals surface area contributed by atoms with E-state index in [4.69, 9.17) is 0 Å². The van der Waals surface area contributed by atoms with Gasteiger partial charge >= 0.3 is 0 Å². The highest BCUT2D eigenvalue weighted by atomic mass is 32.1. The van der Waals surface area contributed by atoms with Crippen LogP contribution in [0.4, 0.5) is 5.00 Å². The number of rotatable bonds is 4. The Balaban J connectivity index is 2.26. The Bertz CT molecular complexity index is 783. The zero-order valence-corrected chi connectivity index (χ0v) is 15.9. The number of carbonyl (C=O) groups excluding carboxylic acids is 2. The molecule has 2 aromatic rings. The van der Waals surface area contributed by atoms with E-state index < -0.39 is 0 Å². The van der Waals surface area contributed by atoms with Gasteiger partial charge in [-0.1, -0.05) is 17.7 Å². The number of hydrogen-bond donors (Lipinski definition) is 2. The maximum Gasteiger partial charge on any atom is 0.254 e. The molecule has 1 aromatic carbocycles. The number of amides is 2. The van der Waals surface area contributed by atoms with Crippen LogP contribution in [0.1, 0.15) is 43.1 Å². The minimum atomic E-state index is -0.171. The molecule has 0 fully saturated rings. The Morgan fingerprint density at radius 1 is 1.04 bits per heavy atom. The van der Waals surface area contributed by atoms with E-state index in [1.54, 1.807) is 7.05 Å². The number of anilines is 1. The molecule has 2 N–H and O–H groups in total. The van der Waals surface area contributed by atoms with Crippen molar-refractivity contribution in [3.8, 4) is 0 Å². The van der Waals surface area contributed by atoms with Crippen molar-refractivity contribution in [3.05, 3.63) is 50.4 Å². The molecule has 1 heterocycles. The van der Waals surface area contributed by atoms with Gasteiger partial charge in [0.2, 0.25) is 5.91 Å². The average molecular weight is 344 g/mol. The van der Waals surface area contributed by atoms with Crippen molar-refractivity contribution in [2.75, 3.05) is 12.4 Å². The first-order chi connectivity index (χ1) is 11.2. The SMILES string of the molecule is CNC(=O)c1c(NC(=O)Cc2c(C)cc(C)cc2C)sc(C)c1C. The normalized spacial score (nSPS) is 10.6. The lowest BCUT2D eigenvalue weighted by atomic mass is 9.97. The van der Waals surface area contributed by atoms with Crippen molar-refractivity contribution in [2.45, 2.75) is 41.0 Å². The molecule has 0 saturated carbocycles. The monoisotopic (exact) mass is 344 g/mol. The van der Waals surface area contributed by atoms with E-state index >= 15 is 0 Å². The van der Waals surface area contributed by atoms with Gasteiger partial charge in [0.15, 0.2) is 0 Å². The second-order valence-corrected chi connectivity index (χ2v) is 7.39. The highest BCUT2D eigenvalue weighted by Crippen LogP contribution is 2.32. The summed E-state index contributed by atoms with van der Waals surface area (Å²) in [5, 5.41) is 6.19. The van der Waals surface area contributed by atoms with Gasteiger partial charge in [-0.05, 0) is 56.9 Å². The Morgan fingerprint density at radius 2 is 1.62 bits per heavy atom. The number of thiophene rings is 1. The highest BCUT2D eigenvalue weighted by Gasteiger charge is 2.20. The van der Waals surface area contributed by atoms with Gasteiger partial charge in [-0.15, -0.1) is 11.3 Å². The van der Waals surface area contributed by atoms with Gasteiger partial charge in [0.1, 0.15) is 5.00 Å². The molecule has 5 heteroatoms. The van der Waals surface area contributed by atoms with E-state index in [2.05, 4.69) is 29.7 Å². The Kier molecular flexibility index (Phi) is 5.44. The summed E-state index contributed by atoms with van der Waals surface area (Å²) >= 11 is 1.44. The molecule has 2 rings (SSSR count). The molecule has 0 bridgehead atoms. The number of aryl methyl sites for hydroxylation is 4. The fourth-order valence-electron chi connectivity index (χ4n) is 2.93. The summed E-state index contributed by atoms with van der Waals surface area (Å²) in [6, 6.07) is 4.18. The average Bonchev–Trinajstić information content (AvgIpc) is 2.76. The van der Waals surface area contributed by atoms with Crippen molar-refractivity contribution in [1.29, 1.82) is 0 Å². The number of benzene rings is 1. The molecule has 0 aliphatic rings. The zero-order valence-electron chi connectivity index (χ0n) is 15.1. The maximum atomic E-state index is 12.5. The van der Waals surface area contributed by atoms with E-state index in [1.807, 2.05) is 27.7 Å². The molecule has 24 heavy (non-hydrogen) atoms. The van der Waals surface area contributed by atoms with Gasteiger partial charge in [0.25, 0.3) is 5.91 Å². The smallest absolute Gasteiger partial charge is 0.254 e. The second-order valence-electron chi connectivity index (χ2n) is 6.17. The number of carbonyl (C=O) groups is 2. The fourth-order valence-corrected chi connectivity index (χ4v) is 4.01. The Morgan fingerprint density at radius 3 is 2.17 bits per heavy atom. The fraction of sp³-hybridized carbons (Fsp3) is 0.368. The highest BCUT2D eigenvalue weighted by molar-refractivity contribution is 7.16. The van der Waals surface area contributed by atoms with E-state index in [9.17, 15) is 9.59 Å². The quantitative estimate of drug-likeness (QED) is 0.885. The van der Waals surface area contributed by atoms with Gasteiger partial charge in [0, 0.05) is 11.9 Å². The molecule has 0 saturated heterocycles. The van der Waals surface area contributed by atoms with Gasteiger partial charge in [-0.25, -0.2) is 0 Å². The molecule has 128 valence electrons. The van der Waals surface area contributed by atoms with Crippen LogP contribution in [0.3, 0.4) is 0 Å². The van der Waals surface area contributed by atoms with Crippen molar-refractivity contribution in [2.24, 2.45) is 0 Å². The largest absolute Gasteiger partial charge is 0.355 e. The first kappa shape index (κ1) is 18.2.